The van der Waals surface area contributed by atoms with Crippen molar-refractivity contribution in [3.63, 3.8) is 0 Å². The van der Waals surface area contributed by atoms with Crippen molar-refractivity contribution >= 4 is 29.6 Å². The van der Waals surface area contributed by atoms with Crippen molar-refractivity contribution in [1.29, 1.82) is 0 Å². The van der Waals surface area contributed by atoms with Crippen LogP contribution in [0.15, 0.2) is 76.6 Å². The van der Waals surface area contributed by atoms with E-state index in [1.807, 2.05) is 60.8 Å². The lowest BCUT2D eigenvalue weighted by Crippen LogP contribution is -2.21. The lowest BCUT2D eigenvalue weighted by atomic mass is 9.88. The fourth-order valence-corrected chi connectivity index (χ4v) is 5.02. The molecule has 0 radical (unpaired) electrons. The highest BCUT2D eigenvalue weighted by molar-refractivity contribution is 7.98. The number of hydrogen-bond donors (Lipinski definition) is 1. The number of carboxylic acids is 1. The van der Waals surface area contributed by atoms with Crippen LogP contribution >= 0.6 is 11.8 Å². The number of nitrogens with zero attached hydrogens (tertiary/aromatic N) is 1. The van der Waals surface area contributed by atoms with Crippen LogP contribution in [-0.2, 0) is 11.3 Å². The second-order valence-corrected chi connectivity index (χ2v) is 9.11. The Kier molecular flexibility index (Phi) is 7.63. The third-order valence-electron chi connectivity index (χ3n) is 6.06. The molecule has 0 aromatic heterocycles. The Bertz CT molecular complexity index is 1140. The van der Waals surface area contributed by atoms with Gasteiger partial charge in [-0.2, -0.15) is 0 Å². The summed E-state index contributed by atoms with van der Waals surface area (Å²) in [4.78, 5) is 17.9. The zero-order valence-corrected chi connectivity index (χ0v) is 19.8. The molecule has 0 saturated heterocycles. The van der Waals surface area contributed by atoms with E-state index in [9.17, 15) is 9.90 Å². The number of ether oxygens (including phenoxy) is 1. The van der Waals surface area contributed by atoms with Gasteiger partial charge >= 0.3 is 5.97 Å². The number of benzene rings is 3. The highest BCUT2D eigenvalue weighted by Gasteiger charge is 2.30. The van der Waals surface area contributed by atoms with Gasteiger partial charge in [0.25, 0.3) is 0 Å². The highest BCUT2D eigenvalue weighted by atomic mass is 32.2. The van der Waals surface area contributed by atoms with Crippen LogP contribution in [0.2, 0.25) is 0 Å². The normalized spacial score (nSPS) is 17.0. The molecule has 4 rings (SSSR count). The van der Waals surface area contributed by atoms with Gasteiger partial charge in [0.1, 0.15) is 0 Å². The van der Waals surface area contributed by atoms with Crippen LogP contribution in [0.4, 0.5) is 5.69 Å². The van der Waals surface area contributed by atoms with Crippen molar-refractivity contribution in [2.45, 2.75) is 43.8 Å². The summed E-state index contributed by atoms with van der Waals surface area (Å²) in [6, 6.07) is 21.4. The number of carbonyl (C=O) groups is 1. The minimum Gasteiger partial charge on any atom is -0.478 e. The molecule has 0 fully saturated rings. The molecule has 33 heavy (non-hydrogen) atoms. The van der Waals surface area contributed by atoms with Gasteiger partial charge in [-0.05, 0) is 47.6 Å². The summed E-state index contributed by atoms with van der Waals surface area (Å²) in [6.45, 7) is 2.54. The molecule has 0 bridgehead atoms. The zero-order valence-electron chi connectivity index (χ0n) is 19.0. The largest absolute Gasteiger partial charge is 0.478 e. The molecule has 1 aliphatic rings. The fraction of sp³-hybridized carbons (Fsp3) is 0.286. The van der Waals surface area contributed by atoms with Gasteiger partial charge in [0.2, 0.25) is 0 Å². The molecule has 0 amide bonds. The predicted molar refractivity (Wildman–Crippen MR) is 136 cm³/mol. The molecule has 5 heteroatoms. The van der Waals surface area contributed by atoms with Gasteiger partial charge in [0.15, 0.2) is 0 Å². The number of unbranched alkanes of at least 4 members (excludes halogenated alkanes) is 1. The molecule has 0 spiro atoms. The topological polar surface area (TPSA) is 58.9 Å². The average Bonchev–Trinajstić information content (AvgIpc) is 2.86. The monoisotopic (exact) mass is 459 g/mol. The fourth-order valence-electron chi connectivity index (χ4n) is 4.36. The first-order valence-electron chi connectivity index (χ1n) is 11.4. The molecule has 2 unspecified atom stereocenters. The molecule has 0 aliphatic carbocycles. The molecule has 3 aromatic rings. The minimum atomic E-state index is -0.934. The standard InChI is InChI=1S/C28H29NO3S/c1-3-4-9-21-17-29-24-12-8-13-25(33-2)26(24)27(21)32-18-19-14-15-22(23(16-19)28(30)31)20-10-6-5-7-11-20/h5-8,10-17,21,27H,3-4,9,18H2,1-2H3,(H,30,31). The van der Waals surface area contributed by atoms with Crippen molar-refractivity contribution < 1.29 is 14.6 Å². The Balaban J connectivity index is 1.62. The van der Waals surface area contributed by atoms with E-state index >= 15 is 0 Å². The summed E-state index contributed by atoms with van der Waals surface area (Å²) in [5.74, 6) is -0.732. The van der Waals surface area contributed by atoms with E-state index < -0.39 is 5.97 Å². The molecule has 3 aromatic carbocycles. The minimum absolute atomic E-state index is 0.102. The van der Waals surface area contributed by atoms with Gasteiger partial charge in [-0.15, -0.1) is 11.8 Å². The second-order valence-electron chi connectivity index (χ2n) is 8.26. The van der Waals surface area contributed by atoms with Gasteiger partial charge in [-0.3, -0.25) is 4.99 Å². The van der Waals surface area contributed by atoms with Gasteiger partial charge < -0.3 is 9.84 Å². The van der Waals surface area contributed by atoms with Crippen molar-refractivity contribution in [2.75, 3.05) is 6.26 Å². The molecule has 2 atom stereocenters. The summed E-state index contributed by atoms with van der Waals surface area (Å²) < 4.78 is 6.53. The Morgan fingerprint density at radius 3 is 2.64 bits per heavy atom. The predicted octanol–water partition coefficient (Wildman–Crippen LogP) is 7.55. The van der Waals surface area contributed by atoms with Crippen molar-refractivity contribution in [3.8, 4) is 11.1 Å². The molecule has 0 saturated carbocycles. The second kappa shape index (κ2) is 10.8. The number of fused-ring (bicyclic) bond motifs is 1. The van der Waals surface area contributed by atoms with Crippen LogP contribution < -0.4 is 0 Å². The number of thioether (sulfide) groups is 1. The number of carboxylic acid groups (broad SMARTS) is 1. The zero-order chi connectivity index (χ0) is 23.2. The molecule has 1 heterocycles. The van der Waals surface area contributed by atoms with Crippen LogP contribution in [0.3, 0.4) is 0 Å². The summed E-state index contributed by atoms with van der Waals surface area (Å²) in [6.07, 6.45) is 7.26. The molecule has 170 valence electrons. The Hall–Kier alpha value is -2.89. The average molecular weight is 460 g/mol. The number of aliphatic imine (C=N–C) groups is 1. The van der Waals surface area contributed by atoms with Crippen molar-refractivity contribution in [3.05, 3.63) is 83.4 Å². The summed E-state index contributed by atoms with van der Waals surface area (Å²) in [5, 5.41) is 9.85. The van der Waals surface area contributed by atoms with E-state index in [-0.39, 0.29) is 12.0 Å². The smallest absolute Gasteiger partial charge is 0.336 e. The molecule has 1 aliphatic heterocycles. The number of hydrogen-bond acceptors (Lipinski definition) is 4. The summed E-state index contributed by atoms with van der Waals surface area (Å²) in [7, 11) is 0. The van der Waals surface area contributed by atoms with Crippen LogP contribution in [0, 0.1) is 5.92 Å². The van der Waals surface area contributed by atoms with Crippen LogP contribution in [0.5, 0.6) is 0 Å². The van der Waals surface area contributed by atoms with Gasteiger partial charge in [0, 0.05) is 22.6 Å². The van der Waals surface area contributed by atoms with Gasteiger partial charge in [0.05, 0.1) is 24.0 Å². The lowest BCUT2D eigenvalue weighted by Gasteiger charge is -2.31. The maximum absolute atomic E-state index is 12.0. The molecular formula is C28H29NO3S. The van der Waals surface area contributed by atoms with Gasteiger partial charge in [-0.1, -0.05) is 68.3 Å². The lowest BCUT2D eigenvalue weighted by molar-refractivity contribution is 0.0132. The van der Waals surface area contributed by atoms with Crippen LogP contribution in [0.25, 0.3) is 11.1 Å². The van der Waals surface area contributed by atoms with E-state index in [0.717, 1.165) is 41.6 Å². The maximum Gasteiger partial charge on any atom is 0.336 e. The SMILES string of the molecule is CCCCC1C=Nc2cccc(SC)c2C1OCc1ccc(-c2ccccc2)c(C(=O)O)c1. The quantitative estimate of drug-likeness (QED) is 0.336. The van der Waals surface area contributed by atoms with Crippen molar-refractivity contribution in [2.24, 2.45) is 10.9 Å². The maximum atomic E-state index is 12.0. The van der Waals surface area contributed by atoms with E-state index in [0.29, 0.717) is 17.7 Å². The van der Waals surface area contributed by atoms with E-state index in [2.05, 4.69) is 19.2 Å². The van der Waals surface area contributed by atoms with E-state index in [1.54, 1.807) is 17.8 Å². The molecule has 1 N–H and O–H groups in total. The van der Waals surface area contributed by atoms with Crippen LogP contribution in [-0.4, -0.2) is 23.5 Å². The highest BCUT2D eigenvalue weighted by Crippen LogP contribution is 2.43. The summed E-state index contributed by atoms with van der Waals surface area (Å²) >= 11 is 1.71. The van der Waals surface area contributed by atoms with E-state index in [4.69, 9.17) is 9.73 Å². The third-order valence-corrected chi connectivity index (χ3v) is 6.86. The number of aromatic carboxylic acids is 1. The molecule has 4 nitrogen and oxygen atoms in total. The van der Waals surface area contributed by atoms with Crippen molar-refractivity contribution in [1.82, 2.24) is 0 Å². The first-order chi connectivity index (χ1) is 16.1. The Labute approximate surface area is 199 Å². The van der Waals surface area contributed by atoms with Gasteiger partial charge in [-0.25, -0.2) is 4.79 Å². The third kappa shape index (κ3) is 5.21. The Morgan fingerprint density at radius 2 is 1.91 bits per heavy atom. The molecular weight excluding hydrogens is 430 g/mol. The first-order valence-corrected chi connectivity index (χ1v) is 12.6. The first kappa shape index (κ1) is 23.3. The van der Waals surface area contributed by atoms with E-state index in [1.165, 1.54) is 4.90 Å². The van der Waals surface area contributed by atoms with Crippen LogP contribution in [0.1, 0.15) is 53.8 Å². The number of rotatable bonds is 9. The Morgan fingerprint density at radius 1 is 1.09 bits per heavy atom. The summed E-state index contributed by atoms with van der Waals surface area (Å²) in [5.41, 5.74) is 4.86.